The van der Waals surface area contributed by atoms with Crippen molar-refractivity contribution >= 4 is 6.09 Å². The molecular formula is C15H23NO3. The third-order valence-corrected chi connectivity index (χ3v) is 3.30. The highest BCUT2D eigenvalue weighted by atomic mass is 16.6. The van der Waals surface area contributed by atoms with Crippen molar-refractivity contribution < 1.29 is 13.9 Å². The third-order valence-electron chi connectivity index (χ3n) is 3.30. The summed E-state index contributed by atoms with van der Waals surface area (Å²) in [4.78, 5) is 14.2. The summed E-state index contributed by atoms with van der Waals surface area (Å²) in [5.41, 5.74) is -0.461. The summed E-state index contributed by atoms with van der Waals surface area (Å²) in [6.07, 6.45) is 5.87. The van der Waals surface area contributed by atoms with Crippen molar-refractivity contribution in [2.24, 2.45) is 0 Å². The number of carbonyl (C=O) groups is 1. The maximum atomic E-state index is 12.3. The molecule has 0 aromatic carbocycles. The van der Waals surface area contributed by atoms with Gasteiger partial charge in [-0.1, -0.05) is 12.8 Å². The molecule has 1 aliphatic rings. The molecule has 19 heavy (non-hydrogen) atoms. The lowest BCUT2D eigenvalue weighted by molar-refractivity contribution is 0.0130. The number of hydrogen-bond acceptors (Lipinski definition) is 3. The van der Waals surface area contributed by atoms with E-state index in [1.807, 2.05) is 37.8 Å². The first-order chi connectivity index (χ1) is 8.96. The normalized spacial score (nSPS) is 16.6. The van der Waals surface area contributed by atoms with Gasteiger partial charge in [-0.15, -0.1) is 0 Å². The number of furan rings is 1. The number of nitrogens with zero attached hydrogens (tertiary/aromatic N) is 1. The van der Waals surface area contributed by atoms with Crippen molar-refractivity contribution in [3.63, 3.8) is 0 Å². The molecule has 0 spiro atoms. The van der Waals surface area contributed by atoms with Crippen molar-refractivity contribution in [2.45, 2.75) is 64.6 Å². The lowest BCUT2D eigenvalue weighted by Crippen LogP contribution is -2.41. The molecule has 0 N–H and O–H groups in total. The van der Waals surface area contributed by atoms with Crippen LogP contribution in [0, 0.1) is 0 Å². The van der Waals surface area contributed by atoms with Crippen LogP contribution in [0.2, 0.25) is 0 Å². The van der Waals surface area contributed by atoms with Crippen LogP contribution in [0.4, 0.5) is 4.79 Å². The van der Waals surface area contributed by atoms with Gasteiger partial charge in [-0.2, -0.15) is 0 Å². The van der Waals surface area contributed by atoms with Crippen LogP contribution in [0.25, 0.3) is 0 Å². The molecule has 1 fully saturated rings. The van der Waals surface area contributed by atoms with Crippen LogP contribution >= 0.6 is 0 Å². The number of ether oxygens (including phenoxy) is 1. The molecule has 0 unspecified atom stereocenters. The number of rotatable bonds is 3. The maximum Gasteiger partial charge on any atom is 0.410 e. The van der Waals surface area contributed by atoms with Crippen molar-refractivity contribution in [1.29, 1.82) is 0 Å². The topological polar surface area (TPSA) is 42.7 Å². The Kier molecular flexibility index (Phi) is 4.17. The Hall–Kier alpha value is -1.45. The zero-order valence-electron chi connectivity index (χ0n) is 12.0. The molecule has 0 saturated heterocycles. The second-order valence-corrected chi connectivity index (χ2v) is 6.13. The van der Waals surface area contributed by atoms with E-state index in [0.29, 0.717) is 6.54 Å². The van der Waals surface area contributed by atoms with E-state index in [0.717, 1.165) is 18.6 Å². The molecular weight excluding hydrogens is 242 g/mol. The molecule has 4 nitrogen and oxygen atoms in total. The van der Waals surface area contributed by atoms with E-state index in [2.05, 4.69) is 0 Å². The number of hydrogen-bond donors (Lipinski definition) is 0. The Morgan fingerprint density at radius 1 is 1.42 bits per heavy atom. The first kappa shape index (κ1) is 14.0. The largest absolute Gasteiger partial charge is 0.467 e. The van der Waals surface area contributed by atoms with Crippen molar-refractivity contribution in [1.82, 2.24) is 4.90 Å². The van der Waals surface area contributed by atoms with Crippen molar-refractivity contribution in [2.75, 3.05) is 0 Å². The van der Waals surface area contributed by atoms with E-state index in [1.54, 1.807) is 6.26 Å². The summed E-state index contributed by atoms with van der Waals surface area (Å²) >= 11 is 0. The smallest absolute Gasteiger partial charge is 0.410 e. The van der Waals surface area contributed by atoms with Crippen LogP contribution in [0.5, 0.6) is 0 Å². The quantitative estimate of drug-likeness (QED) is 0.830. The molecule has 0 aliphatic heterocycles. The van der Waals surface area contributed by atoms with Gasteiger partial charge in [0.1, 0.15) is 11.4 Å². The van der Waals surface area contributed by atoms with Crippen molar-refractivity contribution in [3.05, 3.63) is 24.2 Å². The Morgan fingerprint density at radius 3 is 2.63 bits per heavy atom. The minimum absolute atomic E-state index is 0.240. The van der Waals surface area contributed by atoms with Gasteiger partial charge in [0.05, 0.1) is 12.8 Å². The summed E-state index contributed by atoms with van der Waals surface area (Å²) in [5.74, 6) is 0.803. The molecule has 0 radical (unpaired) electrons. The Bertz CT molecular complexity index is 400. The fraction of sp³-hybridized carbons (Fsp3) is 0.667. The molecule has 1 heterocycles. The van der Waals surface area contributed by atoms with E-state index in [9.17, 15) is 4.79 Å². The first-order valence-corrected chi connectivity index (χ1v) is 6.98. The molecule has 106 valence electrons. The van der Waals surface area contributed by atoms with Gasteiger partial charge < -0.3 is 9.15 Å². The molecule has 4 heteroatoms. The van der Waals surface area contributed by atoms with Gasteiger partial charge in [0.25, 0.3) is 0 Å². The maximum absolute atomic E-state index is 12.3. The Morgan fingerprint density at radius 2 is 2.11 bits per heavy atom. The number of carbonyl (C=O) groups excluding carboxylic acids is 1. The lowest BCUT2D eigenvalue weighted by Gasteiger charge is -2.31. The Labute approximate surface area is 114 Å². The predicted octanol–water partition coefficient (Wildman–Crippen LogP) is 3.96. The van der Waals surface area contributed by atoms with Gasteiger partial charge >= 0.3 is 6.09 Å². The van der Waals surface area contributed by atoms with E-state index in [-0.39, 0.29) is 12.1 Å². The lowest BCUT2D eigenvalue weighted by atomic mass is 10.2. The molecule has 1 aromatic rings. The van der Waals surface area contributed by atoms with Crippen LogP contribution in [0.1, 0.15) is 52.2 Å². The SMILES string of the molecule is CC(C)(C)OC(=O)N(Cc1ccco1)C1CCCC1. The minimum Gasteiger partial charge on any atom is -0.467 e. The van der Waals surface area contributed by atoms with Gasteiger partial charge in [-0.25, -0.2) is 4.79 Å². The fourth-order valence-electron chi connectivity index (χ4n) is 2.45. The van der Waals surface area contributed by atoms with Crippen LogP contribution in [-0.4, -0.2) is 22.6 Å². The van der Waals surface area contributed by atoms with Gasteiger partial charge in [-0.3, -0.25) is 4.90 Å². The minimum atomic E-state index is -0.461. The van der Waals surface area contributed by atoms with E-state index in [1.165, 1.54) is 12.8 Å². The van der Waals surface area contributed by atoms with E-state index in [4.69, 9.17) is 9.15 Å². The van der Waals surface area contributed by atoms with Gasteiger partial charge in [0.15, 0.2) is 0 Å². The average molecular weight is 265 g/mol. The first-order valence-electron chi connectivity index (χ1n) is 6.98. The van der Waals surface area contributed by atoms with Crippen LogP contribution in [-0.2, 0) is 11.3 Å². The summed E-state index contributed by atoms with van der Waals surface area (Å²) in [7, 11) is 0. The summed E-state index contributed by atoms with van der Waals surface area (Å²) < 4.78 is 10.9. The molecule has 1 amide bonds. The molecule has 1 aromatic heterocycles. The molecule has 0 bridgehead atoms. The van der Waals surface area contributed by atoms with Gasteiger partial charge in [0, 0.05) is 6.04 Å². The highest BCUT2D eigenvalue weighted by molar-refractivity contribution is 5.68. The van der Waals surface area contributed by atoms with Crippen LogP contribution < -0.4 is 0 Å². The van der Waals surface area contributed by atoms with Crippen LogP contribution in [0.15, 0.2) is 22.8 Å². The second-order valence-electron chi connectivity index (χ2n) is 6.13. The predicted molar refractivity (Wildman–Crippen MR) is 72.7 cm³/mol. The summed E-state index contributed by atoms with van der Waals surface area (Å²) in [6.45, 7) is 6.17. The average Bonchev–Trinajstić information content (AvgIpc) is 2.96. The van der Waals surface area contributed by atoms with Gasteiger partial charge in [0.2, 0.25) is 0 Å². The van der Waals surface area contributed by atoms with Crippen LogP contribution in [0.3, 0.4) is 0 Å². The third kappa shape index (κ3) is 4.01. The molecule has 1 saturated carbocycles. The van der Waals surface area contributed by atoms with Gasteiger partial charge in [-0.05, 0) is 45.7 Å². The molecule has 1 aliphatic carbocycles. The zero-order chi connectivity index (χ0) is 13.9. The van der Waals surface area contributed by atoms with Crippen molar-refractivity contribution in [3.8, 4) is 0 Å². The molecule has 0 atom stereocenters. The van der Waals surface area contributed by atoms with E-state index < -0.39 is 5.60 Å². The zero-order valence-corrected chi connectivity index (χ0v) is 12.0. The summed E-state index contributed by atoms with van der Waals surface area (Å²) in [5, 5.41) is 0. The Balaban J connectivity index is 2.07. The second kappa shape index (κ2) is 5.68. The highest BCUT2D eigenvalue weighted by Gasteiger charge is 2.30. The number of amides is 1. The molecule has 2 rings (SSSR count). The summed E-state index contributed by atoms with van der Waals surface area (Å²) in [6, 6.07) is 4.02. The monoisotopic (exact) mass is 265 g/mol. The highest BCUT2D eigenvalue weighted by Crippen LogP contribution is 2.26. The fourth-order valence-corrected chi connectivity index (χ4v) is 2.45. The standard InChI is InChI=1S/C15H23NO3/c1-15(2,3)19-14(17)16(12-7-4-5-8-12)11-13-9-6-10-18-13/h6,9-10,12H,4-5,7-8,11H2,1-3H3. The van der Waals surface area contributed by atoms with E-state index >= 15 is 0 Å².